The lowest BCUT2D eigenvalue weighted by Crippen LogP contribution is -2.25. The molecule has 1 aromatic heterocycles. The molecule has 0 bridgehead atoms. The third kappa shape index (κ3) is 5.10. The highest BCUT2D eigenvalue weighted by atomic mass is 32.2. The fraction of sp³-hybridized carbons (Fsp3) is 0.150. The van der Waals surface area contributed by atoms with Crippen LogP contribution in [0.25, 0.3) is 16.9 Å². The SMILES string of the molecule is NS(=O)(=O)c1ccc(-n2nc(C(=O)NCCCC(=O)O)cc2-c2ccccc2)cc1. The summed E-state index contributed by atoms with van der Waals surface area (Å²) in [4.78, 5) is 23.0. The van der Waals surface area contributed by atoms with Crippen LogP contribution in [0.3, 0.4) is 0 Å². The third-order valence-corrected chi connectivity index (χ3v) is 5.20. The molecule has 0 atom stereocenters. The van der Waals surface area contributed by atoms with Gasteiger partial charge in [-0.2, -0.15) is 5.10 Å². The molecule has 0 saturated carbocycles. The Labute approximate surface area is 173 Å². The molecule has 9 nitrogen and oxygen atoms in total. The van der Waals surface area contributed by atoms with Gasteiger partial charge in [0.05, 0.1) is 16.3 Å². The highest BCUT2D eigenvalue weighted by molar-refractivity contribution is 7.89. The van der Waals surface area contributed by atoms with Crippen LogP contribution in [0.15, 0.2) is 65.6 Å². The zero-order valence-electron chi connectivity index (χ0n) is 15.9. The van der Waals surface area contributed by atoms with Crippen molar-refractivity contribution in [1.29, 1.82) is 0 Å². The molecule has 1 heterocycles. The van der Waals surface area contributed by atoms with Crippen LogP contribution < -0.4 is 10.5 Å². The second-order valence-electron chi connectivity index (χ2n) is 6.48. The van der Waals surface area contributed by atoms with E-state index in [2.05, 4.69) is 10.4 Å². The number of aromatic nitrogens is 2. The van der Waals surface area contributed by atoms with E-state index in [1.165, 1.54) is 16.8 Å². The van der Waals surface area contributed by atoms with E-state index in [4.69, 9.17) is 10.2 Å². The van der Waals surface area contributed by atoms with Crippen molar-refractivity contribution in [3.8, 4) is 16.9 Å². The Morgan fingerprint density at radius 3 is 2.33 bits per heavy atom. The standard InChI is InChI=1S/C20H20N4O5S/c21-30(28,29)16-10-8-15(9-11-16)24-18(14-5-2-1-3-6-14)13-17(23-24)20(27)22-12-4-7-19(25)26/h1-3,5-6,8-11,13H,4,7,12H2,(H,22,27)(H,25,26)(H2,21,28,29). The lowest BCUT2D eigenvalue weighted by Gasteiger charge is -2.08. The van der Waals surface area contributed by atoms with Crippen LogP contribution in [0.5, 0.6) is 0 Å². The normalized spacial score (nSPS) is 11.2. The van der Waals surface area contributed by atoms with E-state index >= 15 is 0 Å². The van der Waals surface area contributed by atoms with Gasteiger partial charge in [-0.1, -0.05) is 30.3 Å². The molecule has 4 N–H and O–H groups in total. The highest BCUT2D eigenvalue weighted by Gasteiger charge is 2.17. The molecule has 0 fully saturated rings. The molecule has 3 aromatic rings. The summed E-state index contributed by atoms with van der Waals surface area (Å²) in [6, 6.07) is 16.7. The summed E-state index contributed by atoms with van der Waals surface area (Å²) in [6.07, 6.45) is 0.267. The number of benzene rings is 2. The first-order chi connectivity index (χ1) is 14.3. The first-order valence-electron chi connectivity index (χ1n) is 9.04. The van der Waals surface area contributed by atoms with Crippen LogP contribution in [0.1, 0.15) is 23.3 Å². The van der Waals surface area contributed by atoms with Crippen LogP contribution in [0, 0.1) is 0 Å². The largest absolute Gasteiger partial charge is 0.481 e. The fourth-order valence-electron chi connectivity index (χ4n) is 2.81. The number of hydrogen-bond donors (Lipinski definition) is 3. The van der Waals surface area contributed by atoms with Crippen LogP contribution in [0.4, 0.5) is 0 Å². The van der Waals surface area contributed by atoms with Crippen molar-refractivity contribution >= 4 is 21.9 Å². The Kier molecular flexibility index (Phi) is 6.28. The van der Waals surface area contributed by atoms with E-state index in [0.717, 1.165) is 5.56 Å². The molecule has 30 heavy (non-hydrogen) atoms. The molecule has 1 amide bonds. The van der Waals surface area contributed by atoms with Crippen molar-refractivity contribution in [2.24, 2.45) is 5.14 Å². The minimum atomic E-state index is -3.83. The van der Waals surface area contributed by atoms with Gasteiger partial charge in [-0.3, -0.25) is 9.59 Å². The van der Waals surface area contributed by atoms with Gasteiger partial charge in [-0.05, 0) is 36.8 Å². The molecular weight excluding hydrogens is 408 g/mol. The van der Waals surface area contributed by atoms with Crippen molar-refractivity contribution in [3.63, 3.8) is 0 Å². The molecule has 0 saturated heterocycles. The number of rotatable bonds is 8. The second kappa shape index (κ2) is 8.89. The predicted molar refractivity (Wildman–Crippen MR) is 110 cm³/mol. The Bertz CT molecular complexity index is 1160. The van der Waals surface area contributed by atoms with E-state index in [9.17, 15) is 18.0 Å². The quantitative estimate of drug-likeness (QED) is 0.467. The van der Waals surface area contributed by atoms with Crippen LogP contribution in [-0.2, 0) is 14.8 Å². The van der Waals surface area contributed by atoms with Crippen LogP contribution in [0.2, 0.25) is 0 Å². The summed E-state index contributed by atoms with van der Waals surface area (Å²) < 4.78 is 24.5. The number of sulfonamides is 1. The minimum Gasteiger partial charge on any atom is -0.481 e. The van der Waals surface area contributed by atoms with Crippen LogP contribution >= 0.6 is 0 Å². The number of nitrogens with zero attached hydrogens (tertiary/aromatic N) is 2. The van der Waals surface area contributed by atoms with Gasteiger partial charge >= 0.3 is 5.97 Å². The van der Waals surface area contributed by atoms with Gasteiger partial charge in [0, 0.05) is 18.5 Å². The van der Waals surface area contributed by atoms with Crippen molar-refractivity contribution in [3.05, 3.63) is 66.4 Å². The van der Waals surface area contributed by atoms with E-state index in [1.807, 2.05) is 30.3 Å². The average Bonchev–Trinajstić information content (AvgIpc) is 3.16. The molecule has 3 rings (SSSR count). The van der Waals surface area contributed by atoms with Crippen molar-refractivity contribution in [2.75, 3.05) is 6.54 Å². The van der Waals surface area contributed by atoms with Crippen LogP contribution in [-0.4, -0.2) is 41.7 Å². The molecule has 0 radical (unpaired) electrons. The monoisotopic (exact) mass is 428 g/mol. The average molecular weight is 428 g/mol. The molecule has 0 aliphatic heterocycles. The number of carbonyl (C=O) groups excluding carboxylic acids is 1. The summed E-state index contributed by atoms with van der Waals surface area (Å²) in [5.41, 5.74) is 2.14. The molecule has 2 aromatic carbocycles. The van der Waals surface area contributed by atoms with Gasteiger partial charge < -0.3 is 10.4 Å². The number of carbonyl (C=O) groups is 2. The number of nitrogens with two attached hydrogens (primary N) is 1. The Morgan fingerprint density at radius 2 is 1.73 bits per heavy atom. The first kappa shape index (κ1) is 21.2. The number of nitrogens with one attached hydrogen (secondary N) is 1. The molecule has 0 unspecified atom stereocenters. The molecule has 0 aliphatic carbocycles. The van der Waals surface area contributed by atoms with Gasteiger partial charge in [-0.25, -0.2) is 18.2 Å². The summed E-state index contributed by atoms with van der Waals surface area (Å²) in [5.74, 6) is -1.36. The maximum Gasteiger partial charge on any atom is 0.303 e. The van der Waals surface area contributed by atoms with Gasteiger partial charge in [0.25, 0.3) is 5.91 Å². The van der Waals surface area contributed by atoms with E-state index in [0.29, 0.717) is 17.8 Å². The lowest BCUT2D eigenvalue weighted by atomic mass is 10.1. The summed E-state index contributed by atoms with van der Waals surface area (Å²) in [7, 11) is -3.83. The number of hydrogen-bond acceptors (Lipinski definition) is 5. The Morgan fingerprint density at radius 1 is 1.07 bits per heavy atom. The number of primary sulfonamides is 1. The van der Waals surface area contributed by atoms with E-state index in [-0.39, 0.29) is 23.6 Å². The molecule has 10 heteroatoms. The Balaban J connectivity index is 1.93. The van der Waals surface area contributed by atoms with E-state index < -0.39 is 21.9 Å². The van der Waals surface area contributed by atoms with Gasteiger partial charge in [0.2, 0.25) is 10.0 Å². The topological polar surface area (TPSA) is 144 Å². The van der Waals surface area contributed by atoms with Gasteiger partial charge in [0.15, 0.2) is 5.69 Å². The second-order valence-corrected chi connectivity index (χ2v) is 8.05. The summed E-state index contributed by atoms with van der Waals surface area (Å²) >= 11 is 0. The number of amides is 1. The minimum absolute atomic E-state index is 0.0314. The third-order valence-electron chi connectivity index (χ3n) is 4.27. The summed E-state index contributed by atoms with van der Waals surface area (Å²) in [6.45, 7) is 0.210. The Hall–Kier alpha value is -3.50. The summed E-state index contributed by atoms with van der Waals surface area (Å²) in [5, 5.41) is 20.9. The van der Waals surface area contributed by atoms with Gasteiger partial charge in [-0.15, -0.1) is 0 Å². The van der Waals surface area contributed by atoms with Crippen molar-refractivity contribution < 1.29 is 23.1 Å². The lowest BCUT2D eigenvalue weighted by molar-refractivity contribution is -0.137. The van der Waals surface area contributed by atoms with Crippen molar-refractivity contribution in [2.45, 2.75) is 17.7 Å². The van der Waals surface area contributed by atoms with E-state index in [1.54, 1.807) is 18.2 Å². The van der Waals surface area contributed by atoms with Crippen molar-refractivity contribution in [1.82, 2.24) is 15.1 Å². The predicted octanol–water partition coefficient (Wildman–Crippen LogP) is 1.78. The number of carboxylic acids is 1. The fourth-order valence-corrected chi connectivity index (χ4v) is 3.33. The molecular formula is C20H20N4O5S. The first-order valence-corrected chi connectivity index (χ1v) is 10.6. The maximum atomic E-state index is 12.5. The number of carboxylic acid groups (broad SMARTS) is 1. The zero-order valence-corrected chi connectivity index (χ0v) is 16.7. The molecule has 0 aliphatic rings. The molecule has 0 spiro atoms. The highest BCUT2D eigenvalue weighted by Crippen LogP contribution is 2.24. The van der Waals surface area contributed by atoms with Gasteiger partial charge in [0.1, 0.15) is 0 Å². The zero-order chi connectivity index (χ0) is 21.7. The molecule has 156 valence electrons. The smallest absolute Gasteiger partial charge is 0.303 e. The maximum absolute atomic E-state index is 12.5. The number of aliphatic carboxylic acids is 1.